The van der Waals surface area contributed by atoms with Gasteiger partial charge in [-0.15, -0.1) is 0 Å². The standard InChI is InChI=1S/C16H18N2O2/c1-11-7-12(9-13(17)8-11)16(19)18(14-4-5-14)10-15-3-2-6-20-15/h2-3,6-9,14H,4-5,10,17H2,1H3. The van der Waals surface area contributed by atoms with E-state index < -0.39 is 0 Å². The van der Waals surface area contributed by atoms with Crippen molar-refractivity contribution in [2.75, 3.05) is 5.73 Å². The number of nitrogen functional groups attached to an aromatic ring is 1. The summed E-state index contributed by atoms with van der Waals surface area (Å²) in [7, 11) is 0. The maximum atomic E-state index is 12.7. The van der Waals surface area contributed by atoms with Crippen LogP contribution in [0.1, 0.15) is 34.5 Å². The summed E-state index contributed by atoms with van der Waals surface area (Å²) in [4.78, 5) is 14.6. The fourth-order valence-electron chi connectivity index (χ4n) is 2.43. The van der Waals surface area contributed by atoms with Crippen molar-refractivity contribution in [1.82, 2.24) is 4.90 Å². The molecule has 104 valence electrons. The van der Waals surface area contributed by atoms with E-state index in [1.165, 1.54) is 0 Å². The lowest BCUT2D eigenvalue weighted by molar-refractivity contribution is 0.0717. The fourth-order valence-corrected chi connectivity index (χ4v) is 2.43. The second kappa shape index (κ2) is 5.04. The van der Waals surface area contributed by atoms with Gasteiger partial charge in [0.25, 0.3) is 5.91 Å². The molecule has 1 aliphatic carbocycles. The minimum atomic E-state index is 0.0271. The van der Waals surface area contributed by atoms with Gasteiger partial charge in [0, 0.05) is 17.3 Å². The zero-order valence-corrected chi connectivity index (χ0v) is 11.5. The second-order valence-electron chi connectivity index (χ2n) is 5.38. The molecule has 0 radical (unpaired) electrons. The van der Waals surface area contributed by atoms with E-state index in [1.54, 1.807) is 12.3 Å². The first kappa shape index (κ1) is 12.8. The third-order valence-corrected chi connectivity index (χ3v) is 3.50. The van der Waals surface area contributed by atoms with Crippen LogP contribution in [0.3, 0.4) is 0 Å². The van der Waals surface area contributed by atoms with Crippen LogP contribution in [0.5, 0.6) is 0 Å². The third-order valence-electron chi connectivity index (χ3n) is 3.50. The van der Waals surface area contributed by atoms with Crippen molar-refractivity contribution >= 4 is 11.6 Å². The van der Waals surface area contributed by atoms with Crippen LogP contribution in [0.2, 0.25) is 0 Å². The zero-order valence-electron chi connectivity index (χ0n) is 11.5. The Hall–Kier alpha value is -2.23. The van der Waals surface area contributed by atoms with Crippen molar-refractivity contribution in [1.29, 1.82) is 0 Å². The SMILES string of the molecule is Cc1cc(N)cc(C(=O)N(Cc2ccco2)C2CC2)c1. The highest BCUT2D eigenvalue weighted by Crippen LogP contribution is 2.30. The maximum Gasteiger partial charge on any atom is 0.254 e. The molecular formula is C16H18N2O2. The van der Waals surface area contributed by atoms with Gasteiger partial charge >= 0.3 is 0 Å². The molecule has 20 heavy (non-hydrogen) atoms. The summed E-state index contributed by atoms with van der Waals surface area (Å²) < 4.78 is 5.36. The van der Waals surface area contributed by atoms with Gasteiger partial charge in [0.2, 0.25) is 0 Å². The quantitative estimate of drug-likeness (QED) is 0.869. The Morgan fingerprint density at radius 2 is 2.20 bits per heavy atom. The molecule has 0 saturated heterocycles. The maximum absolute atomic E-state index is 12.7. The number of carbonyl (C=O) groups is 1. The Labute approximate surface area is 118 Å². The molecule has 3 rings (SSSR count). The molecule has 0 spiro atoms. The number of anilines is 1. The first-order chi connectivity index (χ1) is 9.63. The highest BCUT2D eigenvalue weighted by molar-refractivity contribution is 5.95. The van der Waals surface area contributed by atoms with E-state index >= 15 is 0 Å². The fraction of sp³-hybridized carbons (Fsp3) is 0.312. The first-order valence-corrected chi connectivity index (χ1v) is 6.84. The van der Waals surface area contributed by atoms with Gasteiger partial charge in [-0.25, -0.2) is 0 Å². The van der Waals surface area contributed by atoms with E-state index in [2.05, 4.69) is 0 Å². The lowest BCUT2D eigenvalue weighted by atomic mass is 10.1. The van der Waals surface area contributed by atoms with E-state index in [-0.39, 0.29) is 5.91 Å². The molecule has 1 aliphatic rings. The van der Waals surface area contributed by atoms with Gasteiger partial charge in [-0.05, 0) is 55.7 Å². The normalized spacial score (nSPS) is 14.2. The van der Waals surface area contributed by atoms with Gasteiger partial charge in [0.15, 0.2) is 0 Å². The van der Waals surface area contributed by atoms with E-state index in [1.807, 2.05) is 36.1 Å². The van der Waals surface area contributed by atoms with Crippen LogP contribution >= 0.6 is 0 Å². The molecule has 0 bridgehead atoms. The van der Waals surface area contributed by atoms with Crippen molar-refractivity contribution < 1.29 is 9.21 Å². The second-order valence-corrected chi connectivity index (χ2v) is 5.38. The van der Waals surface area contributed by atoms with Crippen molar-refractivity contribution in [2.45, 2.75) is 32.4 Å². The van der Waals surface area contributed by atoms with E-state index in [0.29, 0.717) is 23.8 Å². The molecule has 1 heterocycles. The van der Waals surface area contributed by atoms with Crippen molar-refractivity contribution in [3.8, 4) is 0 Å². The minimum absolute atomic E-state index is 0.0271. The van der Waals surface area contributed by atoms with E-state index in [4.69, 9.17) is 10.2 Å². The molecular weight excluding hydrogens is 252 g/mol. The molecule has 0 unspecified atom stereocenters. The van der Waals surface area contributed by atoms with E-state index in [0.717, 1.165) is 24.2 Å². The van der Waals surface area contributed by atoms with Crippen LogP contribution in [0, 0.1) is 6.92 Å². The molecule has 1 amide bonds. The first-order valence-electron chi connectivity index (χ1n) is 6.84. The number of nitrogens with two attached hydrogens (primary N) is 1. The molecule has 2 N–H and O–H groups in total. The Morgan fingerprint density at radius 1 is 1.40 bits per heavy atom. The van der Waals surface area contributed by atoms with Crippen LogP contribution < -0.4 is 5.73 Å². The molecule has 0 atom stereocenters. The number of aryl methyl sites for hydroxylation is 1. The Bertz CT molecular complexity index is 595. The smallest absolute Gasteiger partial charge is 0.254 e. The Balaban J connectivity index is 1.85. The largest absolute Gasteiger partial charge is 0.467 e. The molecule has 1 aromatic carbocycles. The van der Waals surface area contributed by atoms with Crippen molar-refractivity contribution in [2.24, 2.45) is 0 Å². The summed E-state index contributed by atoms with van der Waals surface area (Å²) in [6.45, 7) is 2.46. The summed E-state index contributed by atoms with van der Waals surface area (Å²) in [6.07, 6.45) is 3.76. The molecule has 1 saturated carbocycles. The topological polar surface area (TPSA) is 59.5 Å². The zero-order chi connectivity index (χ0) is 14.1. The summed E-state index contributed by atoms with van der Waals surface area (Å²) >= 11 is 0. The van der Waals surface area contributed by atoms with Crippen LogP contribution in [-0.2, 0) is 6.54 Å². The number of hydrogen-bond donors (Lipinski definition) is 1. The van der Waals surface area contributed by atoms with Crippen molar-refractivity contribution in [3.05, 3.63) is 53.5 Å². The van der Waals surface area contributed by atoms with Gasteiger partial charge in [-0.1, -0.05) is 0 Å². The Morgan fingerprint density at radius 3 is 2.80 bits per heavy atom. The van der Waals surface area contributed by atoms with Gasteiger partial charge < -0.3 is 15.1 Å². The Kier molecular flexibility index (Phi) is 3.22. The average molecular weight is 270 g/mol. The molecule has 4 heteroatoms. The summed E-state index contributed by atoms with van der Waals surface area (Å²) in [5, 5.41) is 0. The highest BCUT2D eigenvalue weighted by atomic mass is 16.3. The molecule has 0 aliphatic heterocycles. The predicted octanol–water partition coefficient (Wildman–Crippen LogP) is 2.98. The number of nitrogens with zero attached hydrogens (tertiary/aromatic N) is 1. The van der Waals surface area contributed by atoms with Gasteiger partial charge in [-0.2, -0.15) is 0 Å². The molecule has 4 nitrogen and oxygen atoms in total. The lowest BCUT2D eigenvalue weighted by Crippen LogP contribution is -2.32. The van der Waals surface area contributed by atoms with Crippen LogP contribution in [-0.4, -0.2) is 16.8 Å². The molecule has 1 aromatic heterocycles. The summed E-state index contributed by atoms with van der Waals surface area (Å²) in [5.74, 6) is 0.838. The van der Waals surface area contributed by atoms with Crippen LogP contribution in [0.15, 0.2) is 41.0 Å². The summed E-state index contributed by atoms with van der Waals surface area (Å²) in [5.41, 5.74) is 8.12. The molecule has 2 aromatic rings. The molecule has 1 fully saturated rings. The monoisotopic (exact) mass is 270 g/mol. The number of carbonyl (C=O) groups excluding carboxylic acids is 1. The number of benzene rings is 1. The van der Waals surface area contributed by atoms with Gasteiger partial charge in [-0.3, -0.25) is 4.79 Å². The highest BCUT2D eigenvalue weighted by Gasteiger charge is 2.33. The number of furan rings is 1. The van der Waals surface area contributed by atoms with Crippen molar-refractivity contribution in [3.63, 3.8) is 0 Å². The number of amides is 1. The van der Waals surface area contributed by atoms with E-state index in [9.17, 15) is 4.79 Å². The van der Waals surface area contributed by atoms with Gasteiger partial charge in [0.05, 0.1) is 12.8 Å². The minimum Gasteiger partial charge on any atom is -0.467 e. The third kappa shape index (κ3) is 2.69. The average Bonchev–Trinajstić information content (AvgIpc) is 3.11. The van der Waals surface area contributed by atoms with Crippen LogP contribution in [0.4, 0.5) is 5.69 Å². The predicted molar refractivity (Wildman–Crippen MR) is 77.2 cm³/mol. The van der Waals surface area contributed by atoms with Gasteiger partial charge in [0.1, 0.15) is 5.76 Å². The van der Waals surface area contributed by atoms with Crippen LogP contribution in [0.25, 0.3) is 0 Å². The number of rotatable bonds is 4. The lowest BCUT2D eigenvalue weighted by Gasteiger charge is -2.21. The number of hydrogen-bond acceptors (Lipinski definition) is 3. The summed E-state index contributed by atoms with van der Waals surface area (Å²) in [6, 6.07) is 9.56.